The molecule has 2 N–H and O–H groups in total. The molecule has 3 aliphatic carbocycles. The number of carbonyl (C=O) groups is 2. The zero-order valence-corrected chi connectivity index (χ0v) is 17.4. The van der Waals surface area contributed by atoms with Crippen LogP contribution in [0.4, 0.5) is 5.69 Å². The first kappa shape index (κ1) is 19.0. The van der Waals surface area contributed by atoms with Crippen molar-refractivity contribution < 1.29 is 9.59 Å². The summed E-state index contributed by atoms with van der Waals surface area (Å²) in [6, 6.07) is 8.58. The van der Waals surface area contributed by atoms with Crippen LogP contribution in [-0.2, 0) is 4.79 Å². The van der Waals surface area contributed by atoms with Gasteiger partial charge in [0.25, 0.3) is 5.91 Å². The van der Waals surface area contributed by atoms with E-state index < -0.39 is 0 Å². The van der Waals surface area contributed by atoms with Crippen LogP contribution in [0.5, 0.6) is 0 Å². The zero-order valence-electron chi connectivity index (χ0n) is 17.4. The van der Waals surface area contributed by atoms with Crippen molar-refractivity contribution in [3.05, 3.63) is 29.8 Å². The third-order valence-corrected chi connectivity index (χ3v) is 7.96. The van der Waals surface area contributed by atoms with E-state index in [-0.39, 0.29) is 17.9 Å². The molecule has 4 aliphatic rings. The summed E-state index contributed by atoms with van der Waals surface area (Å²) >= 11 is 0. The molecule has 0 radical (unpaired) electrons. The van der Waals surface area contributed by atoms with E-state index >= 15 is 0 Å². The van der Waals surface area contributed by atoms with E-state index in [9.17, 15) is 9.59 Å². The number of benzene rings is 1. The van der Waals surface area contributed by atoms with Crippen LogP contribution >= 0.6 is 0 Å². The lowest BCUT2D eigenvalue weighted by Gasteiger charge is -2.27. The molecular weight excluding hydrogens is 362 g/mol. The lowest BCUT2D eigenvalue weighted by Crippen LogP contribution is -2.41. The van der Waals surface area contributed by atoms with E-state index in [1.54, 1.807) is 6.92 Å². The van der Waals surface area contributed by atoms with E-state index in [0.29, 0.717) is 12.0 Å². The number of hydrogen-bond acceptors (Lipinski definition) is 3. The molecule has 1 aromatic rings. The third kappa shape index (κ3) is 3.88. The second kappa shape index (κ2) is 7.66. The van der Waals surface area contributed by atoms with Gasteiger partial charge in [0.15, 0.2) is 0 Å². The van der Waals surface area contributed by atoms with Gasteiger partial charge in [-0.05, 0) is 92.9 Å². The highest BCUT2D eigenvalue weighted by Crippen LogP contribution is 2.53. The molecule has 29 heavy (non-hydrogen) atoms. The molecule has 0 aromatic heterocycles. The molecule has 6 atom stereocenters. The molecule has 2 amide bonds. The minimum atomic E-state index is 0.0317. The molecule has 3 saturated carbocycles. The zero-order chi connectivity index (χ0) is 20.0. The fourth-order valence-corrected chi connectivity index (χ4v) is 6.75. The van der Waals surface area contributed by atoms with Crippen LogP contribution in [0, 0.1) is 23.7 Å². The van der Waals surface area contributed by atoms with Crippen LogP contribution < -0.4 is 15.5 Å². The van der Waals surface area contributed by atoms with Crippen molar-refractivity contribution in [2.45, 2.75) is 64.0 Å². The molecule has 1 aromatic carbocycles. The number of carbonyl (C=O) groups excluding carboxylic acids is 2. The molecule has 6 unspecified atom stereocenters. The molecule has 0 spiro atoms. The van der Waals surface area contributed by atoms with Gasteiger partial charge < -0.3 is 15.5 Å². The number of rotatable bonds is 4. The molecule has 1 heterocycles. The summed E-state index contributed by atoms with van der Waals surface area (Å²) in [6.45, 7) is 3.34. The Morgan fingerprint density at radius 3 is 2.52 bits per heavy atom. The lowest BCUT2D eigenvalue weighted by molar-refractivity contribution is -0.119. The number of nitrogens with zero attached hydrogens (tertiary/aromatic N) is 1. The predicted octanol–water partition coefficient (Wildman–Crippen LogP) is 3.35. The van der Waals surface area contributed by atoms with Gasteiger partial charge in [-0.1, -0.05) is 0 Å². The van der Waals surface area contributed by atoms with Gasteiger partial charge in [0.1, 0.15) is 0 Å². The van der Waals surface area contributed by atoms with Gasteiger partial charge >= 0.3 is 0 Å². The summed E-state index contributed by atoms with van der Waals surface area (Å²) in [7, 11) is 0. The largest absolute Gasteiger partial charge is 0.369 e. The van der Waals surface area contributed by atoms with Gasteiger partial charge in [-0.2, -0.15) is 0 Å². The van der Waals surface area contributed by atoms with Crippen LogP contribution in [0.1, 0.15) is 62.2 Å². The summed E-state index contributed by atoms with van der Waals surface area (Å²) in [4.78, 5) is 26.5. The van der Waals surface area contributed by atoms with Crippen LogP contribution in [-0.4, -0.2) is 37.0 Å². The van der Waals surface area contributed by atoms with Crippen LogP contribution in [0.15, 0.2) is 24.3 Å². The highest BCUT2D eigenvalue weighted by Gasteiger charge is 2.46. The fourth-order valence-electron chi connectivity index (χ4n) is 6.75. The number of fused-ring (bicyclic) bond motifs is 2. The maximum atomic E-state index is 12.9. The molecule has 1 saturated heterocycles. The average Bonchev–Trinajstić information content (AvgIpc) is 3.25. The number of nitrogens with one attached hydrogen (secondary N) is 2. The second-order valence-electron chi connectivity index (χ2n) is 9.94. The van der Waals surface area contributed by atoms with Crippen molar-refractivity contribution in [3.8, 4) is 0 Å². The Bertz CT molecular complexity index is 777. The molecule has 1 aliphatic heterocycles. The summed E-state index contributed by atoms with van der Waals surface area (Å²) < 4.78 is 0. The van der Waals surface area contributed by atoms with Crippen molar-refractivity contribution in [3.63, 3.8) is 0 Å². The van der Waals surface area contributed by atoms with E-state index in [2.05, 4.69) is 15.5 Å². The molecule has 5 rings (SSSR count). The van der Waals surface area contributed by atoms with Gasteiger partial charge in [-0.3, -0.25) is 9.59 Å². The minimum Gasteiger partial charge on any atom is -0.369 e. The SMILES string of the molecule is CC(=O)NC1CCN(c2ccc(C(=O)NC3CCC4CC5CC(C4)C3C5)cc2)C1. The first-order valence-electron chi connectivity index (χ1n) is 11.5. The Labute approximate surface area is 173 Å². The first-order chi connectivity index (χ1) is 14.0. The Kier molecular flexibility index (Phi) is 5.00. The Balaban J connectivity index is 1.20. The molecular formula is C24H33N3O2. The van der Waals surface area contributed by atoms with Gasteiger partial charge in [-0.25, -0.2) is 0 Å². The first-order valence-corrected chi connectivity index (χ1v) is 11.5. The smallest absolute Gasteiger partial charge is 0.251 e. The Hall–Kier alpha value is -2.04. The number of anilines is 1. The molecule has 4 fully saturated rings. The molecule has 156 valence electrons. The van der Waals surface area contributed by atoms with Crippen LogP contribution in [0.25, 0.3) is 0 Å². The van der Waals surface area contributed by atoms with E-state index in [0.717, 1.165) is 54.9 Å². The maximum Gasteiger partial charge on any atom is 0.251 e. The van der Waals surface area contributed by atoms with Crippen molar-refractivity contribution in [2.24, 2.45) is 23.7 Å². The minimum absolute atomic E-state index is 0.0317. The highest BCUT2D eigenvalue weighted by molar-refractivity contribution is 5.94. The number of amides is 2. The molecule has 3 bridgehead atoms. The van der Waals surface area contributed by atoms with Crippen molar-refractivity contribution >= 4 is 17.5 Å². The van der Waals surface area contributed by atoms with Gasteiger partial charge in [0.05, 0.1) is 0 Å². The average molecular weight is 396 g/mol. The number of hydrogen-bond donors (Lipinski definition) is 2. The lowest BCUT2D eigenvalue weighted by atomic mass is 9.80. The van der Waals surface area contributed by atoms with Crippen molar-refractivity contribution in [1.82, 2.24) is 10.6 Å². The summed E-state index contributed by atoms with van der Waals surface area (Å²) in [5.74, 6) is 3.49. The Morgan fingerprint density at radius 1 is 0.931 bits per heavy atom. The van der Waals surface area contributed by atoms with Gasteiger partial charge in [0, 0.05) is 43.3 Å². The molecule has 5 heteroatoms. The van der Waals surface area contributed by atoms with E-state index in [1.807, 2.05) is 24.3 Å². The van der Waals surface area contributed by atoms with Crippen molar-refractivity contribution in [2.75, 3.05) is 18.0 Å². The summed E-state index contributed by atoms with van der Waals surface area (Å²) in [6.07, 6.45) is 8.98. The quantitative estimate of drug-likeness (QED) is 0.822. The fraction of sp³-hybridized carbons (Fsp3) is 0.667. The Morgan fingerprint density at radius 2 is 1.72 bits per heavy atom. The van der Waals surface area contributed by atoms with Gasteiger partial charge in [-0.15, -0.1) is 0 Å². The van der Waals surface area contributed by atoms with E-state index in [1.165, 1.54) is 32.1 Å². The predicted molar refractivity (Wildman–Crippen MR) is 114 cm³/mol. The maximum absolute atomic E-state index is 12.9. The molecule has 5 nitrogen and oxygen atoms in total. The van der Waals surface area contributed by atoms with E-state index in [4.69, 9.17) is 0 Å². The standard InChI is InChI=1S/C24H33N3O2/c1-15(28)25-20-8-9-27(14-20)21-5-3-18(4-6-21)24(29)26-23-7-2-16-10-17-12-19(11-16)22(23)13-17/h3-6,16-17,19-20,22-23H,2,7-14H2,1H3,(H,25,28)(H,26,29). The highest BCUT2D eigenvalue weighted by atomic mass is 16.2. The topological polar surface area (TPSA) is 61.4 Å². The van der Waals surface area contributed by atoms with Crippen molar-refractivity contribution in [1.29, 1.82) is 0 Å². The third-order valence-electron chi connectivity index (χ3n) is 7.96. The summed E-state index contributed by atoms with van der Waals surface area (Å²) in [5.41, 5.74) is 1.88. The monoisotopic (exact) mass is 395 g/mol. The van der Waals surface area contributed by atoms with Crippen LogP contribution in [0.2, 0.25) is 0 Å². The van der Waals surface area contributed by atoms with Crippen LogP contribution in [0.3, 0.4) is 0 Å². The second-order valence-corrected chi connectivity index (χ2v) is 9.94. The summed E-state index contributed by atoms with van der Waals surface area (Å²) in [5, 5.41) is 6.41. The van der Waals surface area contributed by atoms with Gasteiger partial charge in [0.2, 0.25) is 5.91 Å². The normalized spacial score (nSPS) is 35.4.